The fourth-order valence-corrected chi connectivity index (χ4v) is 3.27. The molecule has 0 aromatic heterocycles. The van der Waals surface area contributed by atoms with Gasteiger partial charge in [0.1, 0.15) is 10.8 Å². The van der Waals surface area contributed by atoms with Crippen LogP contribution in [-0.4, -0.2) is 13.4 Å². The van der Waals surface area contributed by atoms with Crippen molar-refractivity contribution in [2.75, 3.05) is 4.72 Å². The summed E-state index contributed by atoms with van der Waals surface area (Å²) in [5.41, 5.74) is 6.43. The third kappa shape index (κ3) is 3.99. The van der Waals surface area contributed by atoms with Crippen molar-refractivity contribution in [3.05, 3.63) is 65.5 Å². The van der Waals surface area contributed by atoms with Gasteiger partial charge in [-0.05, 0) is 17.7 Å². The fourth-order valence-electron chi connectivity index (χ4n) is 1.84. The van der Waals surface area contributed by atoms with E-state index in [1.54, 1.807) is 30.3 Å². The van der Waals surface area contributed by atoms with Crippen molar-refractivity contribution in [1.29, 1.82) is 0 Å². The Morgan fingerprint density at radius 3 is 2.43 bits per heavy atom. The summed E-state index contributed by atoms with van der Waals surface area (Å²) in [5, 5.41) is 0. The van der Waals surface area contributed by atoms with Crippen LogP contribution < -0.4 is 10.5 Å². The van der Waals surface area contributed by atoms with Gasteiger partial charge in [-0.25, -0.2) is 12.8 Å². The number of rotatable bonds is 5. The molecule has 2 rings (SSSR count). The van der Waals surface area contributed by atoms with Crippen LogP contribution in [0.5, 0.6) is 0 Å². The zero-order valence-electron chi connectivity index (χ0n) is 10.9. The van der Waals surface area contributed by atoms with E-state index in [9.17, 15) is 12.8 Å². The van der Waals surface area contributed by atoms with Crippen molar-refractivity contribution in [3.8, 4) is 0 Å². The number of nitrogens with one attached hydrogen (secondary N) is 1. The number of thiocarbonyl (C=S) groups is 1. The van der Waals surface area contributed by atoms with Gasteiger partial charge in [-0.3, -0.25) is 4.72 Å². The Balaban J connectivity index is 2.27. The molecule has 4 nitrogen and oxygen atoms in total. The molecule has 3 N–H and O–H groups in total. The van der Waals surface area contributed by atoms with Gasteiger partial charge < -0.3 is 5.73 Å². The number of hydrogen-bond donors (Lipinski definition) is 2. The number of para-hydroxylation sites is 1. The van der Waals surface area contributed by atoms with Gasteiger partial charge in [0.15, 0.2) is 0 Å². The molecule has 0 aliphatic rings. The number of benzene rings is 2. The lowest BCUT2D eigenvalue weighted by Gasteiger charge is -2.11. The van der Waals surface area contributed by atoms with Crippen molar-refractivity contribution < 1.29 is 12.8 Å². The topological polar surface area (TPSA) is 72.2 Å². The van der Waals surface area contributed by atoms with E-state index in [1.807, 2.05) is 0 Å². The molecule has 0 saturated carbocycles. The lowest BCUT2D eigenvalue weighted by atomic mass is 10.1. The fraction of sp³-hybridized carbons (Fsp3) is 0.0714. The number of nitrogens with two attached hydrogens (primary N) is 1. The van der Waals surface area contributed by atoms with Crippen LogP contribution >= 0.6 is 12.2 Å². The molecule has 0 aliphatic carbocycles. The van der Waals surface area contributed by atoms with E-state index in [-0.39, 0.29) is 16.4 Å². The zero-order valence-corrected chi connectivity index (χ0v) is 12.5. The molecule has 0 atom stereocenters. The second-order valence-corrected chi connectivity index (χ2v) is 6.52. The summed E-state index contributed by atoms with van der Waals surface area (Å²) in [4.78, 5) is 0.117. The Hall–Kier alpha value is -1.99. The van der Waals surface area contributed by atoms with Gasteiger partial charge in [-0.1, -0.05) is 48.6 Å². The van der Waals surface area contributed by atoms with Crippen LogP contribution in [0.2, 0.25) is 0 Å². The predicted molar refractivity (Wildman–Crippen MR) is 85.0 cm³/mol. The van der Waals surface area contributed by atoms with Crippen molar-refractivity contribution in [3.63, 3.8) is 0 Å². The van der Waals surface area contributed by atoms with E-state index in [2.05, 4.69) is 4.72 Å². The minimum Gasteiger partial charge on any atom is -0.389 e. The normalized spacial score (nSPS) is 11.1. The Kier molecular flexibility index (Phi) is 4.54. The van der Waals surface area contributed by atoms with Crippen molar-refractivity contribution in [1.82, 2.24) is 0 Å². The Labute approximate surface area is 127 Å². The molecule has 0 spiro atoms. The van der Waals surface area contributed by atoms with E-state index >= 15 is 0 Å². The molecule has 7 heteroatoms. The van der Waals surface area contributed by atoms with Crippen LogP contribution in [0.3, 0.4) is 0 Å². The first-order chi connectivity index (χ1) is 9.89. The Morgan fingerprint density at radius 2 is 1.76 bits per heavy atom. The van der Waals surface area contributed by atoms with E-state index in [0.29, 0.717) is 11.1 Å². The van der Waals surface area contributed by atoms with Gasteiger partial charge in [-0.2, -0.15) is 0 Å². The summed E-state index contributed by atoms with van der Waals surface area (Å²) in [7, 11) is -3.77. The molecule has 0 bridgehead atoms. The molecule has 0 fully saturated rings. The summed E-state index contributed by atoms with van der Waals surface area (Å²) in [5.74, 6) is -0.974. The van der Waals surface area contributed by atoms with Crippen LogP contribution in [0.25, 0.3) is 0 Å². The number of anilines is 1. The number of hydrogen-bond acceptors (Lipinski definition) is 3. The largest absolute Gasteiger partial charge is 0.389 e. The molecule has 21 heavy (non-hydrogen) atoms. The van der Waals surface area contributed by atoms with Crippen LogP contribution in [0.15, 0.2) is 48.5 Å². The Morgan fingerprint density at radius 1 is 1.14 bits per heavy atom. The number of halogens is 1. The average Bonchev–Trinajstić information content (AvgIpc) is 2.41. The summed E-state index contributed by atoms with van der Waals surface area (Å²) < 4.78 is 40.0. The Bertz CT molecular complexity index is 776. The monoisotopic (exact) mass is 324 g/mol. The highest BCUT2D eigenvalue weighted by molar-refractivity contribution is 7.91. The second-order valence-electron chi connectivity index (χ2n) is 4.36. The average molecular weight is 324 g/mol. The first-order valence-corrected chi connectivity index (χ1v) is 8.08. The molecule has 2 aromatic rings. The van der Waals surface area contributed by atoms with Gasteiger partial charge in [0.2, 0.25) is 10.0 Å². The molecule has 0 heterocycles. The molecule has 0 radical (unpaired) electrons. The van der Waals surface area contributed by atoms with Crippen LogP contribution in [0.1, 0.15) is 11.1 Å². The maximum Gasteiger partial charge on any atom is 0.237 e. The van der Waals surface area contributed by atoms with E-state index < -0.39 is 15.8 Å². The highest BCUT2D eigenvalue weighted by Crippen LogP contribution is 2.18. The number of sulfonamides is 1. The second kappa shape index (κ2) is 6.19. The summed E-state index contributed by atoms with van der Waals surface area (Å²) in [6.07, 6.45) is 0. The quantitative estimate of drug-likeness (QED) is 0.829. The maximum absolute atomic E-state index is 13.5. The summed E-state index contributed by atoms with van der Waals surface area (Å²) >= 11 is 4.89. The lowest BCUT2D eigenvalue weighted by molar-refractivity contribution is 0.598. The molecule has 0 unspecified atom stereocenters. The summed E-state index contributed by atoms with van der Waals surface area (Å²) in [6, 6.07) is 12.2. The lowest BCUT2D eigenvalue weighted by Crippen LogP contribution is -2.19. The molecular weight excluding hydrogens is 311 g/mol. The SMILES string of the molecule is NC(=S)c1ccccc1CS(=O)(=O)Nc1ccccc1F. The van der Waals surface area contributed by atoms with Gasteiger partial charge in [0.25, 0.3) is 0 Å². The third-order valence-electron chi connectivity index (χ3n) is 2.77. The maximum atomic E-state index is 13.5. The summed E-state index contributed by atoms with van der Waals surface area (Å²) in [6.45, 7) is 0. The van der Waals surface area contributed by atoms with Crippen LogP contribution in [0, 0.1) is 5.82 Å². The van der Waals surface area contributed by atoms with Crippen LogP contribution in [-0.2, 0) is 15.8 Å². The highest BCUT2D eigenvalue weighted by atomic mass is 32.2. The zero-order chi connectivity index (χ0) is 15.5. The van der Waals surface area contributed by atoms with Crippen molar-refractivity contribution >= 4 is 32.9 Å². The van der Waals surface area contributed by atoms with Gasteiger partial charge in [-0.15, -0.1) is 0 Å². The van der Waals surface area contributed by atoms with Gasteiger partial charge >= 0.3 is 0 Å². The first kappa shape index (κ1) is 15.4. The van der Waals surface area contributed by atoms with E-state index in [0.717, 1.165) is 0 Å². The van der Waals surface area contributed by atoms with Crippen LogP contribution in [0.4, 0.5) is 10.1 Å². The molecule has 0 saturated heterocycles. The minimum absolute atomic E-state index is 0.0923. The minimum atomic E-state index is -3.77. The highest BCUT2D eigenvalue weighted by Gasteiger charge is 2.16. The smallest absolute Gasteiger partial charge is 0.237 e. The molecule has 110 valence electrons. The third-order valence-corrected chi connectivity index (χ3v) is 4.21. The van der Waals surface area contributed by atoms with E-state index in [1.165, 1.54) is 18.2 Å². The molecule has 0 aliphatic heterocycles. The first-order valence-electron chi connectivity index (χ1n) is 6.02. The van der Waals surface area contributed by atoms with Gasteiger partial charge in [0.05, 0.1) is 11.4 Å². The van der Waals surface area contributed by atoms with E-state index in [4.69, 9.17) is 18.0 Å². The molecule has 0 amide bonds. The van der Waals surface area contributed by atoms with Crippen molar-refractivity contribution in [2.24, 2.45) is 5.73 Å². The van der Waals surface area contributed by atoms with Crippen molar-refractivity contribution in [2.45, 2.75) is 5.75 Å². The molecule has 2 aromatic carbocycles. The van der Waals surface area contributed by atoms with Gasteiger partial charge in [0, 0.05) is 5.56 Å². The predicted octanol–water partition coefficient (Wildman–Crippen LogP) is 2.40. The standard InChI is InChI=1S/C14H13FN2O2S2/c15-12-7-3-4-8-13(12)17-21(18,19)9-10-5-1-2-6-11(10)14(16)20/h1-8,17H,9H2,(H2,16,20). The molecular formula is C14H13FN2O2S2.